The fourth-order valence-electron chi connectivity index (χ4n) is 2.74. The van der Waals surface area contributed by atoms with Gasteiger partial charge in [0.05, 0.1) is 20.7 Å². The van der Waals surface area contributed by atoms with Crippen molar-refractivity contribution in [1.29, 1.82) is 0 Å². The molecule has 1 amide bonds. The Morgan fingerprint density at radius 2 is 2.36 bits per heavy atom. The first-order chi connectivity index (χ1) is 10.6. The molecule has 1 saturated heterocycles. The lowest BCUT2D eigenvalue weighted by molar-refractivity contribution is -0.385. The summed E-state index contributed by atoms with van der Waals surface area (Å²) in [6.07, 6.45) is 4.17. The normalized spacial score (nSPS) is 18.4. The maximum atomic E-state index is 12.7. The van der Waals surface area contributed by atoms with E-state index in [2.05, 4.69) is 15.2 Å². The lowest BCUT2D eigenvalue weighted by Gasteiger charge is -2.33. The molecule has 0 unspecified atom stereocenters. The minimum Gasteiger partial charge on any atom is -0.328 e. The van der Waals surface area contributed by atoms with Crippen molar-refractivity contribution < 1.29 is 9.72 Å². The number of aromatic nitrogens is 3. The van der Waals surface area contributed by atoms with Crippen LogP contribution in [0.25, 0.3) is 0 Å². The molecule has 0 saturated carbocycles. The number of piperidine rings is 1. The summed E-state index contributed by atoms with van der Waals surface area (Å²) >= 11 is 1.16. The Morgan fingerprint density at radius 1 is 1.55 bits per heavy atom. The van der Waals surface area contributed by atoms with Gasteiger partial charge >= 0.3 is 0 Å². The Balaban J connectivity index is 1.89. The van der Waals surface area contributed by atoms with Crippen LogP contribution in [0.15, 0.2) is 12.4 Å². The second-order valence-corrected chi connectivity index (χ2v) is 6.45. The van der Waals surface area contributed by atoms with Gasteiger partial charge in [-0.25, -0.2) is 4.98 Å². The van der Waals surface area contributed by atoms with Gasteiger partial charge < -0.3 is 4.90 Å². The third-order valence-corrected chi connectivity index (χ3v) is 4.84. The number of hydrogen-bond donors (Lipinski definition) is 1. The third kappa shape index (κ3) is 2.59. The monoisotopic (exact) mass is 321 g/mol. The van der Waals surface area contributed by atoms with E-state index < -0.39 is 4.92 Å². The number of aryl methyl sites for hydroxylation is 1. The van der Waals surface area contributed by atoms with Gasteiger partial charge in [0.15, 0.2) is 0 Å². The number of likely N-dealkylation sites (tertiary alicyclic amines) is 1. The number of nitro groups is 1. The summed E-state index contributed by atoms with van der Waals surface area (Å²) in [4.78, 5) is 30.1. The van der Waals surface area contributed by atoms with Crippen molar-refractivity contribution >= 4 is 22.9 Å². The van der Waals surface area contributed by atoms with Crippen molar-refractivity contribution in [2.75, 3.05) is 6.54 Å². The predicted octanol–water partition coefficient (Wildman–Crippen LogP) is 2.45. The molecule has 9 heteroatoms. The molecule has 0 aliphatic carbocycles. The van der Waals surface area contributed by atoms with E-state index in [1.54, 1.807) is 11.8 Å². The van der Waals surface area contributed by atoms with Crippen LogP contribution in [0.1, 0.15) is 45.7 Å². The van der Waals surface area contributed by atoms with Gasteiger partial charge in [-0.05, 0) is 26.2 Å². The number of amides is 1. The van der Waals surface area contributed by atoms with E-state index in [0.717, 1.165) is 30.6 Å². The van der Waals surface area contributed by atoms with E-state index in [4.69, 9.17) is 0 Å². The van der Waals surface area contributed by atoms with Crippen LogP contribution in [-0.4, -0.2) is 37.5 Å². The molecule has 116 valence electrons. The quantitative estimate of drug-likeness (QED) is 0.690. The highest BCUT2D eigenvalue weighted by Crippen LogP contribution is 2.34. The second-order valence-electron chi connectivity index (χ2n) is 5.19. The van der Waals surface area contributed by atoms with E-state index in [9.17, 15) is 14.9 Å². The fraction of sp³-hybridized carbons (Fsp3) is 0.462. The van der Waals surface area contributed by atoms with E-state index in [-0.39, 0.29) is 17.6 Å². The Kier molecular flexibility index (Phi) is 3.88. The highest BCUT2D eigenvalue weighted by Gasteiger charge is 2.32. The SMILES string of the molecule is Cc1sc(C(=O)N2CCCC[C@H]2c2ncn[nH]2)cc1[N+](=O)[O-]. The third-order valence-electron chi connectivity index (χ3n) is 3.81. The zero-order valence-electron chi connectivity index (χ0n) is 12.0. The van der Waals surface area contributed by atoms with Crippen LogP contribution in [0.5, 0.6) is 0 Å². The van der Waals surface area contributed by atoms with E-state index in [1.165, 1.54) is 12.4 Å². The number of hydrogen-bond acceptors (Lipinski definition) is 6. The zero-order valence-corrected chi connectivity index (χ0v) is 12.8. The smallest absolute Gasteiger partial charge is 0.283 e. The average Bonchev–Trinajstić information content (AvgIpc) is 3.15. The van der Waals surface area contributed by atoms with Crippen LogP contribution in [0.3, 0.4) is 0 Å². The number of nitrogens with one attached hydrogen (secondary N) is 1. The van der Waals surface area contributed by atoms with Crippen molar-refractivity contribution in [2.45, 2.75) is 32.2 Å². The maximum absolute atomic E-state index is 12.7. The molecule has 2 aromatic heterocycles. The molecule has 0 aromatic carbocycles. The summed E-state index contributed by atoms with van der Waals surface area (Å²) in [5.74, 6) is 0.484. The highest BCUT2D eigenvalue weighted by atomic mass is 32.1. The van der Waals surface area contributed by atoms with Crippen LogP contribution in [0, 0.1) is 17.0 Å². The Labute approximate surface area is 130 Å². The Hall–Kier alpha value is -2.29. The molecule has 3 heterocycles. The molecule has 1 fully saturated rings. The number of rotatable bonds is 3. The molecule has 3 rings (SSSR count). The van der Waals surface area contributed by atoms with Gasteiger partial charge in [-0.1, -0.05) is 0 Å². The second kappa shape index (κ2) is 5.84. The molecule has 0 radical (unpaired) electrons. The molecule has 2 aromatic rings. The number of carbonyl (C=O) groups excluding carboxylic acids is 1. The number of thiophene rings is 1. The van der Waals surface area contributed by atoms with Crippen LogP contribution in [0.2, 0.25) is 0 Å². The summed E-state index contributed by atoms with van der Waals surface area (Å²) < 4.78 is 0. The van der Waals surface area contributed by atoms with Crippen LogP contribution >= 0.6 is 11.3 Å². The minimum atomic E-state index is -0.452. The lowest BCUT2D eigenvalue weighted by atomic mass is 10.0. The molecular weight excluding hydrogens is 306 g/mol. The van der Waals surface area contributed by atoms with Crippen LogP contribution in [0.4, 0.5) is 5.69 Å². The summed E-state index contributed by atoms with van der Waals surface area (Å²) in [6.45, 7) is 2.28. The molecule has 8 nitrogen and oxygen atoms in total. The summed E-state index contributed by atoms with van der Waals surface area (Å²) in [5, 5.41) is 17.6. The summed E-state index contributed by atoms with van der Waals surface area (Å²) in [5.41, 5.74) is 0.00146. The number of carbonyl (C=O) groups is 1. The van der Waals surface area contributed by atoms with Crippen LogP contribution < -0.4 is 0 Å². The van der Waals surface area contributed by atoms with Crippen molar-refractivity contribution in [1.82, 2.24) is 20.1 Å². The molecule has 0 bridgehead atoms. The Morgan fingerprint density at radius 3 is 3.00 bits per heavy atom. The number of H-pyrrole nitrogens is 1. The molecule has 22 heavy (non-hydrogen) atoms. The summed E-state index contributed by atoms with van der Waals surface area (Å²) in [7, 11) is 0. The van der Waals surface area contributed by atoms with Crippen LogP contribution in [-0.2, 0) is 0 Å². The van der Waals surface area contributed by atoms with E-state index in [0.29, 0.717) is 22.1 Å². The molecule has 1 aliphatic rings. The van der Waals surface area contributed by atoms with Crippen molar-refractivity contribution in [3.8, 4) is 0 Å². The maximum Gasteiger partial charge on any atom is 0.283 e. The van der Waals surface area contributed by atoms with Crippen molar-refractivity contribution in [3.63, 3.8) is 0 Å². The molecular formula is C13H15N5O3S. The average molecular weight is 321 g/mol. The first-order valence-corrected chi connectivity index (χ1v) is 7.80. The van der Waals surface area contributed by atoms with Gasteiger partial charge in [0.25, 0.3) is 11.6 Å². The fourth-order valence-corrected chi connectivity index (χ4v) is 3.68. The van der Waals surface area contributed by atoms with Gasteiger partial charge in [-0.2, -0.15) is 5.10 Å². The Bertz CT molecular complexity index is 697. The molecule has 1 aliphatic heterocycles. The number of nitrogens with zero attached hydrogens (tertiary/aromatic N) is 4. The van der Waals surface area contributed by atoms with E-state index >= 15 is 0 Å². The predicted molar refractivity (Wildman–Crippen MR) is 79.7 cm³/mol. The largest absolute Gasteiger partial charge is 0.328 e. The van der Waals surface area contributed by atoms with Crippen molar-refractivity contribution in [3.05, 3.63) is 38.1 Å². The van der Waals surface area contributed by atoms with E-state index in [1.807, 2.05) is 0 Å². The van der Waals surface area contributed by atoms with Gasteiger partial charge in [0, 0.05) is 12.6 Å². The first-order valence-electron chi connectivity index (χ1n) is 6.99. The van der Waals surface area contributed by atoms with Gasteiger partial charge in [0.1, 0.15) is 12.2 Å². The lowest BCUT2D eigenvalue weighted by Crippen LogP contribution is -2.38. The van der Waals surface area contributed by atoms with Gasteiger partial charge in [0.2, 0.25) is 0 Å². The minimum absolute atomic E-state index is 0.00146. The highest BCUT2D eigenvalue weighted by molar-refractivity contribution is 7.14. The topological polar surface area (TPSA) is 105 Å². The molecule has 1 N–H and O–H groups in total. The summed E-state index contributed by atoms with van der Waals surface area (Å²) in [6, 6.07) is 1.22. The standard InChI is InChI=1S/C13H15N5O3S/c1-8-10(18(20)21)6-11(22-8)13(19)17-5-3-2-4-9(17)12-14-7-15-16-12/h6-7,9H,2-5H2,1H3,(H,14,15,16)/t9-/m0/s1. The zero-order chi connectivity index (χ0) is 15.7. The number of aromatic amines is 1. The molecule has 1 atom stereocenters. The van der Waals surface area contributed by atoms with Crippen molar-refractivity contribution in [2.24, 2.45) is 0 Å². The first kappa shape index (κ1) is 14.6. The molecule has 0 spiro atoms. The van der Waals surface area contributed by atoms with Gasteiger partial charge in [-0.3, -0.25) is 20.0 Å². The van der Waals surface area contributed by atoms with Gasteiger partial charge in [-0.15, -0.1) is 11.3 Å².